The molecule has 20 heavy (non-hydrogen) atoms. The van der Waals surface area contributed by atoms with Crippen molar-refractivity contribution in [2.75, 3.05) is 19.6 Å². The minimum absolute atomic E-state index is 0.136. The Morgan fingerprint density at radius 1 is 1.30 bits per heavy atom. The van der Waals surface area contributed by atoms with E-state index in [0.29, 0.717) is 13.1 Å². The average molecular weight is 289 g/mol. The van der Waals surface area contributed by atoms with Gasteiger partial charge in [-0.1, -0.05) is 0 Å². The van der Waals surface area contributed by atoms with E-state index in [1.807, 2.05) is 0 Å². The normalized spacial score (nSPS) is 27.1. The highest BCUT2D eigenvalue weighted by Gasteiger charge is 2.42. The molecular weight excluding hydrogens is 268 g/mol. The van der Waals surface area contributed by atoms with Gasteiger partial charge in [0.25, 0.3) is 5.92 Å². The Balaban J connectivity index is 1.83. The first kappa shape index (κ1) is 15.2. The fourth-order valence-electron chi connectivity index (χ4n) is 2.66. The number of amides is 2. The average Bonchev–Trinajstić information content (AvgIpc) is 2.79. The standard InChI is InChI=1S/C13H21F2N3O2/c1-9(12(20)18-5-3-2-4-6-18)17-11(19)10-7-13(14,15)8-16-10/h9-10,16H,2-8H2,1H3,(H,17,19). The van der Waals surface area contributed by atoms with Gasteiger partial charge in [0, 0.05) is 19.5 Å². The molecule has 2 heterocycles. The molecule has 2 rings (SSSR count). The number of nitrogens with one attached hydrogen (secondary N) is 2. The molecule has 0 aromatic rings. The molecule has 2 fully saturated rings. The van der Waals surface area contributed by atoms with Crippen molar-refractivity contribution in [2.24, 2.45) is 0 Å². The zero-order valence-corrected chi connectivity index (χ0v) is 11.6. The third-order valence-electron chi connectivity index (χ3n) is 3.82. The van der Waals surface area contributed by atoms with Crippen LogP contribution in [0.1, 0.15) is 32.6 Å². The van der Waals surface area contributed by atoms with Crippen molar-refractivity contribution in [3.63, 3.8) is 0 Å². The minimum atomic E-state index is -2.85. The van der Waals surface area contributed by atoms with Gasteiger partial charge in [-0.15, -0.1) is 0 Å². The molecule has 0 aliphatic carbocycles. The van der Waals surface area contributed by atoms with Gasteiger partial charge in [-0.3, -0.25) is 14.9 Å². The summed E-state index contributed by atoms with van der Waals surface area (Å²) in [6, 6.07) is -1.58. The van der Waals surface area contributed by atoms with Gasteiger partial charge in [0.1, 0.15) is 6.04 Å². The Bertz CT molecular complexity index is 384. The summed E-state index contributed by atoms with van der Waals surface area (Å²) in [5, 5.41) is 5.01. The number of likely N-dealkylation sites (tertiary alicyclic amines) is 1. The number of carbonyl (C=O) groups excluding carboxylic acids is 2. The highest BCUT2D eigenvalue weighted by Crippen LogP contribution is 2.25. The van der Waals surface area contributed by atoms with E-state index in [-0.39, 0.29) is 5.91 Å². The lowest BCUT2D eigenvalue weighted by atomic mass is 10.1. The zero-order chi connectivity index (χ0) is 14.8. The molecule has 2 amide bonds. The third-order valence-corrected chi connectivity index (χ3v) is 3.82. The van der Waals surface area contributed by atoms with Crippen molar-refractivity contribution in [2.45, 2.75) is 50.6 Å². The fourth-order valence-corrected chi connectivity index (χ4v) is 2.66. The lowest BCUT2D eigenvalue weighted by Crippen LogP contribution is -2.52. The van der Waals surface area contributed by atoms with E-state index in [0.717, 1.165) is 19.3 Å². The summed E-state index contributed by atoms with van der Waals surface area (Å²) in [5.74, 6) is -3.51. The van der Waals surface area contributed by atoms with E-state index < -0.39 is 36.9 Å². The van der Waals surface area contributed by atoms with Crippen LogP contribution in [-0.4, -0.2) is 54.4 Å². The Kier molecular flexibility index (Phi) is 4.57. The first-order valence-corrected chi connectivity index (χ1v) is 7.09. The van der Waals surface area contributed by atoms with Crippen LogP contribution in [0.15, 0.2) is 0 Å². The molecule has 2 aliphatic heterocycles. The van der Waals surface area contributed by atoms with Crippen molar-refractivity contribution >= 4 is 11.8 Å². The number of carbonyl (C=O) groups is 2. The Hall–Kier alpha value is -1.24. The maximum Gasteiger partial charge on any atom is 0.262 e. The first-order valence-electron chi connectivity index (χ1n) is 7.09. The molecule has 2 unspecified atom stereocenters. The Labute approximate surface area is 117 Å². The van der Waals surface area contributed by atoms with E-state index in [2.05, 4.69) is 10.6 Å². The lowest BCUT2D eigenvalue weighted by Gasteiger charge is -2.29. The maximum atomic E-state index is 13.0. The summed E-state index contributed by atoms with van der Waals surface area (Å²) in [5.41, 5.74) is 0. The van der Waals surface area contributed by atoms with Gasteiger partial charge in [0.05, 0.1) is 12.6 Å². The molecule has 5 nitrogen and oxygen atoms in total. The molecule has 2 saturated heterocycles. The largest absolute Gasteiger partial charge is 0.343 e. The second-order valence-corrected chi connectivity index (χ2v) is 5.61. The summed E-state index contributed by atoms with van der Waals surface area (Å²) in [6.07, 6.45) is 2.56. The van der Waals surface area contributed by atoms with Crippen LogP contribution in [0.3, 0.4) is 0 Å². The van der Waals surface area contributed by atoms with E-state index in [1.165, 1.54) is 0 Å². The summed E-state index contributed by atoms with van der Waals surface area (Å²) >= 11 is 0. The van der Waals surface area contributed by atoms with E-state index in [4.69, 9.17) is 0 Å². The van der Waals surface area contributed by atoms with Crippen LogP contribution in [0.4, 0.5) is 8.78 Å². The van der Waals surface area contributed by atoms with Gasteiger partial charge in [-0.25, -0.2) is 8.78 Å². The lowest BCUT2D eigenvalue weighted by molar-refractivity contribution is -0.137. The van der Waals surface area contributed by atoms with Crippen LogP contribution < -0.4 is 10.6 Å². The van der Waals surface area contributed by atoms with E-state index >= 15 is 0 Å². The summed E-state index contributed by atoms with van der Waals surface area (Å²) in [4.78, 5) is 25.7. The number of halogens is 2. The molecule has 0 radical (unpaired) electrons. The van der Waals surface area contributed by atoms with Crippen LogP contribution in [0.5, 0.6) is 0 Å². The summed E-state index contributed by atoms with van der Waals surface area (Å²) in [6.45, 7) is 2.53. The van der Waals surface area contributed by atoms with Gasteiger partial charge in [0.15, 0.2) is 0 Å². The van der Waals surface area contributed by atoms with Crippen molar-refractivity contribution in [1.29, 1.82) is 0 Å². The summed E-state index contributed by atoms with van der Waals surface area (Å²) < 4.78 is 26.0. The van der Waals surface area contributed by atoms with Gasteiger partial charge >= 0.3 is 0 Å². The number of rotatable bonds is 3. The number of piperidine rings is 1. The SMILES string of the molecule is CC(NC(=O)C1CC(F)(F)CN1)C(=O)N1CCCCC1. The summed E-state index contributed by atoms with van der Waals surface area (Å²) in [7, 11) is 0. The molecule has 0 saturated carbocycles. The quantitative estimate of drug-likeness (QED) is 0.795. The number of hydrogen-bond acceptors (Lipinski definition) is 3. The van der Waals surface area contributed by atoms with Gasteiger partial charge < -0.3 is 10.2 Å². The minimum Gasteiger partial charge on any atom is -0.343 e. The predicted octanol–water partition coefficient (Wildman–Crippen LogP) is 0.501. The molecule has 2 N–H and O–H groups in total. The van der Waals surface area contributed by atoms with Crippen LogP contribution >= 0.6 is 0 Å². The molecular formula is C13H21F2N3O2. The highest BCUT2D eigenvalue weighted by molar-refractivity contribution is 5.89. The Morgan fingerprint density at radius 3 is 2.50 bits per heavy atom. The van der Waals surface area contributed by atoms with Crippen LogP contribution in [0, 0.1) is 0 Å². The number of hydrogen-bond donors (Lipinski definition) is 2. The third kappa shape index (κ3) is 3.65. The molecule has 2 atom stereocenters. The molecule has 0 spiro atoms. The predicted molar refractivity (Wildman–Crippen MR) is 69.4 cm³/mol. The van der Waals surface area contributed by atoms with E-state index in [9.17, 15) is 18.4 Å². The van der Waals surface area contributed by atoms with Crippen molar-refractivity contribution in [3.8, 4) is 0 Å². The zero-order valence-electron chi connectivity index (χ0n) is 11.6. The smallest absolute Gasteiger partial charge is 0.262 e. The van der Waals surface area contributed by atoms with Crippen molar-refractivity contribution < 1.29 is 18.4 Å². The maximum absolute atomic E-state index is 13.0. The molecule has 0 aromatic carbocycles. The topological polar surface area (TPSA) is 61.4 Å². The second kappa shape index (κ2) is 6.03. The van der Waals surface area contributed by atoms with Gasteiger partial charge in [-0.05, 0) is 26.2 Å². The van der Waals surface area contributed by atoms with E-state index in [1.54, 1.807) is 11.8 Å². The second-order valence-electron chi connectivity index (χ2n) is 5.61. The molecule has 0 aromatic heterocycles. The van der Waals surface area contributed by atoms with Crippen LogP contribution in [0.25, 0.3) is 0 Å². The fraction of sp³-hybridized carbons (Fsp3) is 0.846. The van der Waals surface area contributed by atoms with Crippen LogP contribution in [-0.2, 0) is 9.59 Å². The number of nitrogens with zero attached hydrogens (tertiary/aromatic N) is 1. The molecule has 2 aliphatic rings. The monoisotopic (exact) mass is 289 g/mol. The molecule has 114 valence electrons. The molecule has 7 heteroatoms. The Morgan fingerprint density at radius 2 is 1.95 bits per heavy atom. The van der Waals surface area contributed by atoms with Crippen LogP contribution in [0.2, 0.25) is 0 Å². The van der Waals surface area contributed by atoms with Gasteiger partial charge in [-0.2, -0.15) is 0 Å². The van der Waals surface area contributed by atoms with Gasteiger partial charge in [0.2, 0.25) is 11.8 Å². The van der Waals surface area contributed by atoms with Crippen molar-refractivity contribution in [1.82, 2.24) is 15.5 Å². The van der Waals surface area contributed by atoms with Crippen molar-refractivity contribution in [3.05, 3.63) is 0 Å². The first-order chi connectivity index (χ1) is 9.39. The molecule has 0 bridgehead atoms. The highest BCUT2D eigenvalue weighted by atomic mass is 19.3. The number of alkyl halides is 2.